The van der Waals surface area contributed by atoms with E-state index in [0.717, 1.165) is 10.4 Å². The Kier molecular flexibility index (Phi) is 6.57. The SMILES string of the molecule is CCCC1CCC(NC(C)c2ccc(Br)cc2Br)CC1. The molecule has 1 nitrogen and oxygen atoms in total. The zero-order valence-corrected chi connectivity index (χ0v) is 15.6. The lowest BCUT2D eigenvalue weighted by atomic mass is 9.83. The van der Waals surface area contributed by atoms with Gasteiger partial charge in [0.2, 0.25) is 0 Å². The highest BCUT2D eigenvalue weighted by atomic mass is 79.9. The second-order valence-electron chi connectivity index (χ2n) is 6.06. The van der Waals surface area contributed by atoms with Crippen LogP contribution in [0.4, 0.5) is 0 Å². The first-order chi connectivity index (χ1) is 9.60. The summed E-state index contributed by atoms with van der Waals surface area (Å²) in [4.78, 5) is 0. The largest absolute Gasteiger partial charge is 0.307 e. The molecule has 1 aromatic carbocycles. The van der Waals surface area contributed by atoms with Gasteiger partial charge in [0.05, 0.1) is 0 Å². The molecule has 0 amide bonds. The summed E-state index contributed by atoms with van der Waals surface area (Å²) in [6, 6.07) is 7.55. The van der Waals surface area contributed by atoms with Gasteiger partial charge in [-0.05, 0) is 56.2 Å². The van der Waals surface area contributed by atoms with Crippen molar-refractivity contribution in [3.63, 3.8) is 0 Å². The van der Waals surface area contributed by atoms with Crippen molar-refractivity contribution in [3.8, 4) is 0 Å². The zero-order valence-electron chi connectivity index (χ0n) is 12.5. The molecule has 0 radical (unpaired) electrons. The summed E-state index contributed by atoms with van der Waals surface area (Å²) in [6.45, 7) is 4.57. The van der Waals surface area contributed by atoms with E-state index in [1.807, 2.05) is 0 Å². The molecule has 1 N–H and O–H groups in total. The van der Waals surface area contributed by atoms with Crippen LogP contribution in [0.25, 0.3) is 0 Å². The lowest BCUT2D eigenvalue weighted by molar-refractivity contribution is 0.266. The molecule has 1 aliphatic rings. The van der Waals surface area contributed by atoms with E-state index in [1.165, 1.54) is 48.6 Å². The molecule has 1 aliphatic carbocycles. The molecule has 3 heteroatoms. The minimum atomic E-state index is 0.408. The van der Waals surface area contributed by atoms with Crippen molar-refractivity contribution >= 4 is 31.9 Å². The Bertz CT molecular complexity index is 425. The lowest BCUT2D eigenvalue weighted by Gasteiger charge is -2.31. The number of hydrogen-bond donors (Lipinski definition) is 1. The fraction of sp³-hybridized carbons (Fsp3) is 0.647. The standard InChI is InChI=1S/C17H25Br2N/c1-3-4-13-5-8-15(9-6-13)20-12(2)16-10-7-14(18)11-17(16)19/h7,10-13,15,20H,3-6,8-9H2,1-2H3. The van der Waals surface area contributed by atoms with Crippen LogP contribution < -0.4 is 5.32 Å². The summed E-state index contributed by atoms with van der Waals surface area (Å²) < 4.78 is 2.31. The second kappa shape index (κ2) is 7.95. The van der Waals surface area contributed by atoms with Gasteiger partial charge in [0.1, 0.15) is 0 Å². The van der Waals surface area contributed by atoms with Gasteiger partial charge in [-0.3, -0.25) is 0 Å². The Labute approximate surface area is 140 Å². The molecule has 1 unspecified atom stereocenters. The molecule has 0 heterocycles. The average molecular weight is 403 g/mol. The van der Waals surface area contributed by atoms with Gasteiger partial charge < -0.3 is 5.32 Å². The predicted molar refractivity (Wildman–Crippen MR) is 94.0 cm³/mol. The molecule has 0 aliphatic heterocycles. The van der Waals surface area contributed by atoms with Gasteiger partial charge in [-0.1, -0.05) is 57.7 Å². The molecular formula is C17H25Br2N. The van der Waals surface area contributed by atoms with E-state index in [1.54, 1.807) is 0 Å². The smallest absolute Gasteiger partial charge is 0.0305 e. The third kappa shape index (κ3) is 4.57. The fourth-order valence-electron chi connectivity index (χ4n) is 3.32. The van der Waals surface area contributed by atoms with E-state index in [-0.39, 0.29) is 0 Å². The Morgan fingerprint density at radius 3 is 2.50 bits per heavy atom. The predicted octanol–water partition coefficient (Wildman–Crippen LogP) is 6.22. The minimum absolute atomic E-state index is 0.408. The monoisotopic (exact) mass is 401 g/mol. The lowest BCUT2D eigenvalue weighted by Crippen LogP contribution is -2.35. The number of halogens is 2. The first kappa shape index (κ1) is 16.5. The average Bonchev–Trinajstić information content (AvgIpc) is 2.41. The summed E-state index contributed by atoms with van der Waals surface area (Å²) in [5, 5.41) is 3.81. The van der Waals surface area contributed by atoms with Crippen molar-refractivity contribution < 1.29 is 0 Å². The van der Waals surface area contributed by atoms with Gasteiger partial charge in [0.15, 0.2) is 0 Å². The highest BCUT2D eigenvalue weighted by Gasteiger charge is 2.22. The Hall–Kier alpha value is 0.140. The normalized spacial score (nSPS) is 24.6. The van der Waals surface area contributed by atoms with Gasteiger partial charge in [-0.15, -0.1) is 0 Å². The van der Waals surface area contributed by atoms with E-state index in [4.69, 9.17) is 0 Å². The van der Waals surface area contributed by atoms with Gasteiger partial charge in [0.25, 0.3) is 0 Å². The molecule has 0 saturated heterocycles. The zero-order chi connectivity index (χ0) is 14.5. The third-order valence-corrected chi connectivity index (χ3v) is 5.64. The maximum Gasteiger partial charge on any atom is 0.0305 e. The number of rotatable bonds is 5. The van der Waals surface area contributed by atoms with Crippen LogP contribution in [0, 0.1) is 5.92 Å². The molecule has 2 rings (SSSR count). The van der Waals surface area contributed by atoms with Gasteiger partial charge in [-0.25, -0.2) is 0 Å². The number of hydrogen-bond acceptors (Lipinski definition) is 1. The molecule has 112 valence electrons. The molecule has 1 saturated carbocycles. The van der Waals surface area contributed by atoms with E-state index < -0.39 is 0 Å². The van der Waals surface area contributed by atoms with Crippen LogP contribution in [0.5, 0.6) is 0 Å². The van der Waals surface area contributed by atoms with Crippen LogP contribution >= 0.6 is 31.9 Å². The fourth-order valence-corrected chi connectivity index (χ4v) is 4.71. The van der Waals surface area contributed by atoms with E-state index >= 15 is 0 Å². The second-order valence-corrected chi connectivity index (χ2v) is 7.83. The molecule has 0 aromatic heterocycles. The first-order valence-corrected chi connectivity index (χ1v) is 9.39. The van der Waals surface area contributed by atoms with Crippen molar-refractivity contribution in [2.45, 2.75) is 64.5 Å². The molecule has 0 bridgehead atoms. The molecule has 1 aromatic rings. The summed E-state index contributed by atoms with van der Waals surface area (Å²) in [5.41, 5.74) is 1.35. The highest BCUT2D eigenvalue weighted by molar-refractivity contribution is 9.11. The van der Waals surface area contributed by atoms with Crippen LogP contribution in [-0.2, 0) is 0 Å². The van der Waals surface area contributed by atoms with Crippen molar-refractivity contribution in [2.24, 2.45) is 5.92 Å². The minimum Gasteiger partial charge on any atom is -0.307 e. The van der Waals surface area contributed by atoms with Gasteiger partial charge in [-0.2, -0.15) is 0 Å². The van der Waals surface area contributed by atoms with Crippen LogP contribution in [-0.4, -0.2) is 6.04 Å². The summed E-state index contributed by atoms with van der Waals surface area (Å²) in [5.74, 6) is 0.979. The Morgan fingerprint density at radius 1 is 1.20 bits per heavy atom. The van der Waals surface area contributed by atoms with Crippen LogP contribution in [0.15, 0.2) is 27.1 Å². The van der Waals surface area contributed by atoms with E-state index in [2.05, 4.69) is 69.2 Å². The van der Waals surface area contributed by atoms with Crippen LogP contribution in [0.2, 0.25) is 0 Å². The maximum absolute atomic E-state index is 3.81. The molecule has 1 atom stereocenters. The Balaban J connectivity index is 1.87. The van der Waals surface area contributed by atoms with Gasteiger partial charge >= 0.3 is 0 Å². The number of nitrogens with one attached hydrogen (secondary N) is 1. The first-order valence-electron chi connectivity index (χ1n) is 7.81. The maximum atomic E-state index is 3.81. The summed E-state index contributed by atoms with van der Waals surface area (Å²) >= 11 is 7.19. The van der Waals surface area contributed by atoms with Crippen molar-refractivity contribution in [3.05, 3.63) is 32.7 Å². The molecule has 20 heavy (non-hydrogen) atoms. The van der Waals surface area contributed by atoms with Crippen molar-refractivity contribution in [1.82, 2.24) is 5.32 Å². The quantitative estimate of drug-likeness (QED) is 0.616. The van der Waals surface area contributed by atoms with Crippen molar-refractivity contribution in [2.75, 3.05) is 0 Å². The highest BCUT2D eigenvalue weighted by Crippen LogP contribution is 2.31. The van der Waals surface area contributed by atoms with E-state index in [0.29, 0.717) is 12.1 Å². The van der Waals surface area contributed by atoms with Crippen molar-refractivity contribution in [1.29, 1.82) is 0 Å². The topological polar surface area (TPSA) is 12.0 Å². The third-order valence-electron chi connectivity index (χ3n) is 4.46. The Morgan fingerprint density at radius 2 is 1.90 bits per heavy atom. The molecule has 1 fully saturated rings. The molecular weight excluding hydrogens is 378 g/mol. The summed E-state index contributed by atoms with van der Waals surface area (Å²) in [7, 11) is 0. The van der Waals surface area contributed by atoms with Gasteiger partial charge in [0, 0.05) is 21.0 Å². The molecule has 0 spiro atoms. The van der Waals surface area contributed by atoms with E-state index in [9.17, 15) is 0 Å². The number of benzene rings is 1. The van der Waals surface area contributed by atoms with Crippen LogP contribution in [0.3, 0.4) is 0 Å². The summed E-state index contributed by atoms with van der Waals surface area (Å²) in [6.07, 6.45) is 8.23. The van der Waals surface area contributed by atoms with Crippen LogP contribution in [0.1, 0.15) is 64.0 Å².